The van der Waals surface area contributed by atoms with Gasteiger partial charge >= 0.3 is 0 Å². The van der Waals surface area contributed by atoms with Crippen LogP contribution in [-0.2, 0) is 13.0 Å². The topological polar surface area (TPSA) is 44.9 Å². The highest BCUT2D eigenvalue weighted by Crippen LogP contribution is 2.28. The average molecular weight is 206 g/mol. The minimum Gasteiger partial charge on any atom is -0.358 e. The Kier molecular flexibility index (Phi) is 1.79. The summed E-state index contributed by atoms with van der Waals surface area (Å²) in [4.78, 5) is 14.9. The second-order valence-corrected chi connectivity index (χ2v) is 3.92. The van der Waals surface area contributed by atoms with Crippen molar-refractivity contribution in [2.75, 3.05) is 6.54 Å². The first-order valence-electron chi connectivity index (χ1n) is 5.08. The van der Waals surface area contributed by atoms with Crippen molar-refractivity contribution in [2.24, 2.45) is 0 Å². The largest absolute Gasteiger partial charge is 0.358 e. The first-order valence-corrected chi connectivity index (χ1v) is 5.08. The van der Waals surface area contributed by atoms with Gasteiger partial charge in [0, 0.05) is 30.9 Å². The van der Waals surface area contributed by atoms with Gasteiger partial charge in [-0.15, -0.1) is 0 Å². The SMILES string of the molecule is O=C1c2c([nH]c3c2CNCC3)C=CC1F. The van der Waals surface area contributed by atoms with Gasteiger partial charge < -0.3 is 10.3 Å². The van der Waals surface area contributed by atoms with Crippen molar-refractivity contribution in [1.29, 1.82) is 0 Å². The molecular weight excluding hydrogens is 195 g/mol. The van der Waals surface area contributed by atoms with Crippen LogP contribution in [0.4, 0.5) is 4.39 Å². The van der Waals surface area contributed by atoms with E-state index in [9.17, 15) is 9.18 Å². The summed E-state index contributed by atoms with van der Waals surface area (Å²) in [7, 11) is 0. The maximum Gasteiger partial charge on any atom is 0.203 e. The van der Waals surface area contributed by atoms with E-state index < -0.39 is 12.0 Å². The smallest absolute Gasteiger partial charge is 0.203 e. The lowest BCUT2D eigenvalue weighted by Gasteiger charge is -2.15. The first kappa shape index (κ1) is 8.85. The predicted molar refractivity (Wildman–Crippen MR) is 54.5 cm³/mol. The van der Waals surface area contributed by atoms with Gasteiger partial charge in [-0.25, -0.2) is 4.39 Å². The molecule has 2 aliphatic rings. The fourth-order valence-corrected chi connectivity index (χ4v) is 2.26. The molecule has 78 valence electrons. The quantitative estimate of drug-likeness (QED) is 0.670. The lowest BCUT2D eigenvalue weighted by Crippen LogP contribution is -2.26. The van der Waals surface area contributed by atoms with Gasteiger partial charge in [0.15, 0.2) is 6.17 Å². The second-order valence-electron chi connectivity index (χ2n) is 3.92. The van der Waals surface area contributed by atoms with Crippen molar-refractivity contribution >= 4 is 11.9 Å². The molecule has 15 heavy (non-hydrogen) atoms. The fourth-order valence-electron chi connectivity index (χ4n) is 2.26. The molecule has 3 nitrogen and oxygen atoms in total. The Balaban J connectivity index is 2.19. The van der Waals surface area contributed by atoms with Crippen LogP contribution in [0.3, 0.4) is 0 Å². The molecule has 1 aliphatic carbocycles. The van der Waals surface area contributed by atoms with Gasteiger partial charge in [-0.2, -0.15) is 0 Å². The highest BCUT2D eigenvalue weighted by Gasteiger charge is 2.30. The minimum atomic E-state index is -1.47. The van der Waals surface area contributed by atoms with Gasteiger partial charge in [0.05, 0.1) is 5.56 Å². The third-order valence-corrected chi connectivity index (χ3v) is 3.00. The summed E-state index contributed by atoms with van der Waals surface area (Å²) >= 11 is 0. The fraction of sp³-hybridized carbons (Fsp3) is 0.364. The summed E-state index contributed by atoms with van der Waals surface area (Å²) in [5.74, 6) is -0.409. The molecule has 0 radical (unpaired) electrons. The van der Waals surface area contributed by atoms with Crippen LogP contribution in [-0.4, -0.2) is 23.5 Å². The Bertz CT molecular complexity index is 461. The molecule has 0 fully saturated rings. The molecule has 4 heteroatoms. The van der Waals surface area contributed by atoms with Gasteiger partial charge in [-0.1, -0.05) is 0 Å². The van der Waals surface area contributed by atoms with Crippen LogP contribution in [0.2, 0.25) is 0 Å². The van der Waals surface area contributed by atoms with E-state index >= 15 is 0 Å². The molecular formula is C11H11FN2O. The van der Waals surface area contributed by atoms with Crippen LogP contribution in [0, 0.1) is 0 Å². The summed E-state index contributed by atoms with van der Waals surface area (Å²) in [6.45, 7) is 1.57. The maximum absolute atomic E-state index is 13.2. The van der Waals surface area contributed by atoms with Crippen LogP contribution in [0.5, 0.6) is 0 Å². The standard InChI is InChI=1S/C11H11FN2O/c12-7-1-2-9-10(11(7)15)6-5-13-4-3-8(6)14-9/h1-2,7,13-14H,3-5H2. The molecule has 1 aromatic rings. The van der Waals surface area contributed by atoms with Crippen LogP contribution < -0.4 is 5.32 Å². The van der Waals surface area contributed by atoms with Crippen molar-refractivity contribution in [2.45, 2.75) is 19.1 Å². The van der Waals surface area contributed by atoms with Gasteiger partial charge in [0.1, 0.15) is 0 Å². The first-order chi connectivity index (χ1) is 7.27. The normalized spacial score (nSPS) is 23.8. The van der Waals surface area contributed by atoms with Gasteiger partial charge in [0.25, 0.3) is 0 Å². The number of alkyl halides is 1. The number of aromatic nitrogens is 1. The third-order valence-electron chi connectivity index (χ3n) is 3.00. The number of carbonyl (C=O) groups excluding carboxylic acids is 1. The van der Waals surface area contributed by atoms with E-state index in [-0.39, 0.29) is 0 Å². The van der Waals surface area contributed by atoms with E-state index in [1.165, 1.54) is 6.08 Å². The van der Waals surface area contributed by atoms with E-state index in [1.54, 1.807) is 6.08 Å². The Morgan fingerprint density at radius 2 is 2.33 bits per heavy atom. The summed E-state index contributed by atoms with van der Waals surface area (Å²) in [5, 5.41) is 3.19. The summed E-state index contributed by atoms with van der Waals surface area (Å²) in [6, 6.07) is 0. The second kappa shape index (κ2) is 3.03. The molecule has 0 bridgehead atoms. The zero-order valence-electron chi connectivity index (χ0n) is 8.14. The highest BCUT2D eigenvalue weighted by molar-refractivity contribution is 6.07. The van der Waals surface area contributed by atoms with Gasteiger partial charge in [-0.3, -0.25) is 4.79 Å². The van der Waals surface area contributed by atoms with E-state index in [1.807, 2.05) is 0 Å². The number of nitrogens with one attached hydrogen (secondary N) is 2. The number of halogens is 1. The van der Waals surface area contributed by atoms with Gasteiger partial charge in [-0.05, 0) is 17.7 Å². The lowest BCUT2D eigenvalue weighted by molar-refractivity contribution is 0.0910. The van der Waals surface area contributed by atoms with Crippen molar-refractivity contribution in [3.63, 3.8) is 0 Å². The molecule has 0 spiro atoms. The van der Waals surface area contributed by atoms with Crippen molar-refractivity contribution in [3.05, 3.63) is 28.6 Å². The molecule has 1 unspecified atom stereocenters. The Hall–Kier alpha value is -1.42. The number of rotatable bonds is 0. The Labute approximate surface area is 86.4 Å². The van der Waals surface area contributed by atoms with Crippen LogP contribution >= 0.6 is 0 Å². The van der Waals surface area contributed by atoms with E-state index in [4.69, 9.17) is 0 Å². The Morgan fingerprint density at radius 1 is 1.47 bits per heavy atom. The zero-order chi connectivity index (χ0) is 10.4. The number of ketones is 1. The number of carbonyl (C=O) groups is 1. The summed E-state index contributed by atoms with van der Waals surface area (Å²) in [5.41, 5.74) is 3.34. The average Bonchev–Trinajstić information content (AvgIpc) is 2.62. The molecule has 2 N–H and O–H groups in total. The molecule has 0 saturated carbocycles. The monoisotopic (exact) mass is 206 g/mol. The molecule has 1 atom stereocenters. The molecule has 0 amide bonds. The third kappa shape index (κ3) is 1.18. The molecule has 1 aromatic heterocycles. The van der Waals surface area contributed by atoms with Crippen molar-refractivity contribution < 1.29 is 9.18 Å². The van der Waals surface area contributed by atoms with Crippen molar-refractivity contribution in [3.8, 4) is 0 Å². The van der Waals surface area contributed by atoms with Crippen LogP contribution in [0.15, 0.2) is 6.08 Å². The molecule has 3 rings (SSSR count). The van der Waals surface area contributed by atoms with Crippen LogP contribution in [0.25, 0.3) is 6.08 Å². The molecule has 0 saturated heterocycles. The van der Waals surface area contributed by atoms with E-state index in [2.05, 4.69) is 10.3 Å². The maximum atomic E-state index is 13.2. The number of hydrogen-bond donors (Lipinski definition) is 2. The van der Waals surface area contributed by atoms with E-state index in [0.29, 0.717) is 12.1 Å². The minimum absolute atomic E-state index is 0.409. The highest BCUT2D eigenvalue weighted by atomic mass is 19.1. The molecule has 0 aromatic carbocycles. The number of Topliss-reactive ketones (excluding diaryl/α,β-unsaturated/α-hetero) is 1. The molecule has 1 aliphatic heterocycles. The van der Waals surface area contributed by atoms with E-state index in [0.717, 1.165) is 29.9 Å². The number of allylic oxidation sites excluding steroid dienone is 1. The zero-order valence-corrected chi connectivity index (χ0v) is 8.14. The number of fused-ring (bicyclic) bond motifs is 3. The van der Waals surface area contributed by atoms with Crippen LogP contribution in [0.1, 0.15) is 27.3 Å². The lowest BCUT2D eigenvalue weighted by atomic mass is 9.95. The number of H-pyrrole nitrogens is 1. The molecule has 2 heterocycles. The van der Waals surface area contributed by atoms with Crippen molar-refractivity contribution in [1.82, 2.24) is 10.3 Å². The predicted octanol–water partition coefficient (Wildman–Crippen LogP) is 1.21. The van der Waals surface area contributed by atoms with Gasteiger partial charge in [0.2, 0.25) is 5.78 Å². The summed E-state index contributed by atoms with van der Waals surface area (Å²) < 4.78 is 13.2. The summed E-state index contributed by atoms with van der Waals surface area (Å²) in [6.07, 6.45) is 2.37. The Morgan fingerprint density at radius 3 is 3.20 bits per heavy atom. The number of aromatic amines is 1. The number of hydrogen-bond acceptors (Lipinski definition) is 2.